The quantitative estimate of drug-likeness (QED) is 0.824. The van der Waals surface area contributed by atoms with Crippen molar-refractivity contribution in [1.29, 1.82) is 0 Å². The molecule has 0 aliphatic rings. The zero-order valence-electron chi connectivity index (χ0n) is 13.1. The van der Waals surface area contributed by atoms with Crippen LogP contribution in [0.2, 0.25) is 0 Å². The molecule has 1 rings (SSSR count). The smallest absolute Gasteiger partial charge is 0.263 e. The number of anilines is 2. The van der Waals surface area contributed by atoms with Gasteiger partial charge < -0.3 is 16.0 Å². The summed E-state index contributed by atoms with van der Waals surface area (Å²) >= 11 is 1.13. The van der Waals surface area contributed by atoms with Crippen molar-refractivity contribution in [3.8, 4) is 0 Å². The number of rotatable bonds is 6. The number of nitrogens with one attached hydrogen (secondary N) is 1. The molecule has 0 spiro atoms. The maximum absolute atomic E-state index is 12.1. The summed E-state index contributed by atoms with van der Waals surface area (Å²) in [7, 11) is -2.02. The Kier molecular flexibility index (Phi) is 5.63. The molecule has 0 aliphatic heterocycles. The maximum atomic E-state index is 12.1. The van der Waals surface area contributed by atoms with Gasteiger partial charge in [-0.3, -0.25) is 4.79 Å². The number of nitrogens with two attached hydrogens (primary N) is 1. The van der Waals surface area contributed by atoms with Crippen LogP contribution in [-0.4, -0.2) is 40.7 Å². The largest absolute Gasteiger partial charge is 0.396 e. The van der Waals surface area contributed by atoms with Crippen molar-refractivity contribution < 1.29 is 13.2 Å². The van der Waals surface area contributed by atoms with Crippen LogP contribution in [0.15, 0.2) is 4.90 Å². The summed E-state index contributed by atoms with van der Waals surface area (Å²) in [5.41, 5.74) is 5.97. The Hall–Kier alpha value is -1.28. The molecule has 1 heterocycles. The number of carbonyl (C=O) groups excluding carboxylic acids is 1. The lowest BCUT2D eigenvalue weighted by atomic mass is 10.2. The summed E-state index contributed by atoms with van der Waals surface area (Å²) in [4.78, 5) is 14.1. The monoisotopic (exact) mass is 333 g/mol. The van der Waals surface area contributed by atoms with E-state index in [0.717, 1.165) is 17.6 Å². The van der Waals surface area contributed by atoms with Crippen molar-refractivity contribution in [3.05, 3.63) is 4.88 Å². The first kappa shape index (κ1) is 17.8. The van der Waals surface area contributed by atoms with Crippen LogP contribution in [0, 0.1) is 5.92 Å². The van der Waals surface area contributed by atoms with Gasteiger partial charge in [0.25, 0.3) is 5.91 Å². The number of hydrogen-bond acceptors (Lipinski definition) is 6. The molecule has 0 aliphatic carbocycles. The molecule has 0 unspecified atom stereocenters. The standard InChI is InChI=1S/C13H23N3O3S2/c1-6-16(7-8(2)3)13-11(21(5,18)19)9(14)10(20-13)12(17)15-4/h8H,6-7,14H2,1-5H3,(H,15,17). The topological polar surface area (TPSA) is 92.5 Å². The first-order valence-corrected chi connectivity index (χ1v) is 9.43. The lowest BCUT2D eigenvalue weighted by molar-refractivity contribution is 0.0968. The second kappa shape index (κ2) is 6.65. The highest BCUT2D eigenvalue weighted by atomic mass is 32.2. The predicted octanol–water partition coefficient (Wildman–Crippen LogP) is 1.58. The lowest BCUT2D eigenvalue weighted by Gasteiger charge is -2.24. The normalized spacial score (nSPS) is 11.7. The third-order valence-corrected chi connectivity index (χ3v) is 5.49. The van der Waals surface area contributed by atoms with E-state index >= 15 is 0 Å². The minimum atomic E-state index is -3.51. The van der Waals surface area contributed by atoms with Crippen molar-refractivity contribution in [2.75, 3.05) is 37.0 Å². The molecular formula is C13H23N3O3S2. The summed E-state index contributed by atoms with van der Waals surface area (Å²) in [6, 6.07) is 0. The number of nitrogens with zero attached hydrogens (tertiary/aromatic N) is 1. The fourth-order valence-corrected chi connectivity index (χ4v) is 4.79. The van der Waals surface area contributed by atoms with E-state index in [4.69, 9.17) is 5.73 Å². The van der Waals surface area contributed by atoms with Gasteiger partial charge >= 0.3 is 0 Å². The lowest BCUT2D eigenvalue weighted by Crippen LogP contribution is -2.27. The second-order valence-corrected chi connectivity index (χ2v) is 8.21. The van der Waals surface area contributed by atoms with Gasteiger partial charge in [-0.15, -0.1) is 11.3 Å². The molecule has 0 bridgehead atoms. The maximum Gasteiger partial charge on any atom is 0.263 e. The molecule has 0 saturated carbocycles. The minimum absolute atomic E-state index is 0.0408. The highest BCUT2D eigenvalue weighted by Crippen LogP contribution is 2.41. The number of nitrogen functional groups attached to an aromatic ring is 1. The predicted molar refractivity (Wildman–Crippen MR) is 88.0 cm³/mol. The van der Waals surface area contributed by atoms with E-state index in [0.29, 0.717) is 24.0 Å². The summed E-state index contributed by atoms with van der Waals surface area (Å²) in [6.45, 7) is 7.41. The van der Waals surface area contributed by atoms with Crippen LogP contribution in [-0.2, 0) is 9.84 Å². The van der Waals surface area contributed by atoms with Crippen LogP contribution in [0.3, 0.4) is 0 Å². The Bertz CT molecular complexity index is 621. The van der Waals surface area contributed by atoms with E-state index in [1.165, 1.54) is 7.05 Å². The van der Waals surface area contributed by atoms with Gasteiger partial charge in [0.1, 0.15) is 14.8 Å². The second-order valence-electron chi connectivity index (χ2n) is 5.26. The van der Waals surface area contributed by atoms with Gasteiger partial charge in [0, 0.05) is 26.4 Å². The Morgan fingerprint density at radius 3 is 2.38 bits per heavy atom. The van der Waals surface area contributed by atoms with Gasteiger partial charge in [-0.1, -0.05) is 13.8 Å². The number of amides is 1. The fraction of sp³-hybridized carbons (Fsp3) is 0.615. The van der Waals surface area contributed by atoms with Crippen LogP contribution in [0.1, 0.15) is 30.4 Å². The highest BCUT2D eigenvalue weighted by molar-refractivity contribution is 7.91. The van der Waals surface area contributed by atoms with E-state index in [2.05, 4.69) is 19.2 Å². The molecule has 1 amide bonds. The Morgan fingerprint density at radius 1 is 1.43 bits per heavy atom. The van der Waals surface area contributed by atoms with Crippen molar-refractivity contribution in [1.82, 2.24) is 5.32 Å². The van der Waals surface area contributed by atoms with Gasteiger partial charge in [0.15, 0.2) is 9.84 Å². The average molecular weight is 333 g/mol. The van der Waals surface area contributed by atoms with Gasteiger partial charge in [-0.25, -0.2) is 8.42 Å². The number of hydrogen-bond donors (Lipinski definition) is 2. The van der Waals surface area contributed by atoms with Gasteiger partial charge in [-0.05, 0) is 12.8 Å². The van der Waals surface area contributed by atoms with Crippen molar-refractivity contribution in [3.63, 3.8) is 0 Å². The molecule has 0 saturated heterocycles. The average Bonchev–Trinajstić information content (AvgIpc) is 2.72. The zero-order chi connectivity index (χ0) is 16.4. The zero-order valence-corrected chi connectivity index (χ0v) is 14.7. The minimum Gasteiger partial charge on any atom is -0.396 e. The van der Waals surface area contributed by atoms with Gasteiger partial charge in [0.05, 0.1) is 5.69 Å². The van der Waals surface area contributed by atoms with E-state index in [1.807, 2.05) is 11.8 Å². The number of carbonyl (C=O) groups is 1. The molecule has 1 aromatic heterocycles. The molecule has 1 aromatic rings. The first-order valence-electron chi connectivity index (χ1n) is 6.72. The Morgan fingerprint density at radius 2 is 2.00 bits per heavy atom. The third-order valence-electron chi connectivity index (χ3n) is 2.94. The van der Waals surface area contributed by atoms with Crippen LogP contribution < -0.4 is 16.0 Å². The number of thiophene rings is 1. The van der Waals surface area contributed by atoms with Crippen LogP contribution in [0.25, 0.3) is 0 Å². The molecule has 0 aromatic carbocycles. The van der Waals surface area contributed by atoms with E-state index in [-0.39, 0.29) is 21.4 Å². The van der Waals surface area contributed by atoms with Gasteiger partial charge in [0.2, 0.25) is 0 Å². The van der Waals surface area contributed by atoms with E-state index in [1.54, 1.807) is 0 Å². The molecule has 0 atom stereocenters. The third kappa shape index (κ3) is 3.88. The summed E-state index contributed by atoms with van der Waals surface area (Å²) in [5.74, 6) is -0.00149. The van der Waals surface area contributed by atoms with Crippen LogP contribution >= 0.6 is 11.3 Å². The molecule has 8 heteroatoms. The fourth-order valence-electron chi connectivity index (χ4n) is 2.06. The summed E-state index contributed by atoms with van der Waals surface area (Å²) < 4.78 is 24.1. The Balaban J connectivity index is 3.52. The van der Waals surface area contributed by atoms with Crippen molar-refractivity contribution in [2.45, 2.75) is 25.7 Å². The van der Waals surface area contributed by atoms with E-state index in [9.17, 15) is 13.2 Å². The summed E-state index contributed by atoms with van der Waals surface area (Å²) in [5, 5.41) is 3.04. The first-order chi connectivity index (χ1) is 9.63. The Labute approximate surface area is 130 Å². The molecule has 120 valence electrons. The highest BCUT2D eigenvalue weighted by Gasteiger charge is 2.29. The van der Waals surface area contributed by atoms with Crippen LogP contribution in [0.5, 0.6) is 0 Å². The number of sulfone groups is 1. The molecule has 21 heavy (non-hydrogen) atoms. The molecule has 6 nitrogen and oxygen atoms in total. The molecule has 0 radical (unpaired) electrons. The SMILES string of the molecule is CCN(CC(C)C)c1sc(C(=O)NC)c(N)c1S(C)(=O)=O. The van der Waals surface area contributed by atoms with Crippen molar-refractivity contribution >= 4 is 37.8 Å². The molecule has 3 N–H and O–H groups in total. The van der Waals surface area contributed by atoms with Crippen LogP contribution in [0.4, 0.5) is 10.7 Å². The molecular weight excluding hydrogens is 310 g/mol. The van der Waals surface area contributed by atoms with Crippen molar-refractivity contribution in [2.24, 2.45) is 5.92 Å². The van der Waals surface area contributed by atoms with Gasteiger partial charge in [-0.2, -0.15) is 0 Å². The van der Waals surface area contributed by atoms with E-state index < -0.39 is 9.84 Å². The summed E-state index contributed by atoms with van der Waals surface area (Å²) in [6.07, 6.45) is 1.12. The molecule has 0 fully saturated rings.